The number of ether oxygens (including phenoxy) is 2. The number of nitrogens with one attached hydrogen (secondary N) is 1. The molecule has 3 rings (SSSR count). The summed E-state index contributed by atoms with van der Waals surface area (Å²) in [4.78, 5) is 13.3. The number of amides is 1. The molecule has 1 amide bonds. The van der Waals surface area contributed by atoms with E-state index in [2.05, 4.69) is 52.4 Å². The maximum atomic E-state index is 13.3. The van der Waals surface area contributed by atoms with Crippen LogP contribution in [0.2, 0.25) is 0 Å². The highest BCUT2D eigenvalue weighted by Crippen LogP contribution is 2.36. The molecular formula is C23H28BrNO3. The summed E-state index contributed by atoms with van der Waals surface area (Å²) in [5.41, 5.74) is 1.81. The van der Waals surface area contributed by atoms with Crippen LogP contribution in [0.5, 0.6) is 5.75 Å². The zero-order chi connectivity index (χ0) is 20.0. The van der Waals surface area contributed by atoms with Gasteiger partial charge in [-0.1, -0.05) is 40.2 Å². The number of hydrogen-bond acceptors (Lipinski definition) is 3. The molecule has 150 valence electrons. The molecule has 0 aliphatic carbocycles. The molecule has 1 atom stereocenters. The minimum atomic E-state index is -0.507. The Labute approximate surface area is 175 Å². The SMILES string of the molecule is COc1ccc(CCC(C)NC(=O)C2(c3ccc(Br)cc3)CCOCC2)cc1. The van der Waals surface area contributed by atoms with Crippen molar-refractivity contribution in [2.24, 2.45) is 0 Å². The van der Waals surface area contributed by atoms with Crippen LogP contribution in [-0.4, -0.2) is 32.3 Å². The molecule has 1 fully saturated rings. The van der Waals surface area contributed by atoms with E-state index < -0.39 is 5.41 Å². The second kappa shape index (κ2) is 9.57. The number of methoxy groups -OCH3 is 1. The number of benzene rings is 2. The van der Waals surface area contributed by atoms with Gasteiger partial charge in [-0.15, -0.1) is 0 Å². The van der Waals surface area contributed by atoms with Crippen LogP contribution < -0.4 is 10.1 Å². The minimum Gasteiger partial charge on any atom is -0.497 e. The molecule has 1 N–H and O–H groups in total. The highest BCUT2D eigenvalue weighted by Gasteiger charge is 2.41. The van der Waals surface area contributed by atoms with E-state index in [1.54, 1.807) is 7.11 Å². The van der Waals surface area contributed by atoms with Gasteiger partial charge in [-0.3, -0.25) is 4.79 Å². The maximum Gasteiger partial charge on any atom is 0.231 e. The third-order valence-corrected chi connectivity index (χ3v) is 6.11. The lowest BCUT2D eigenvalue weighted by Gasteiger charge is -2.37. The number of carbonyl (C=O) groups excluding carboxylic acids is 1. The molecule has 0 saturated carbocycles. The van der Waals surface area contributed by atoms with Crippen molar-refractivity contribution in [1.82, 2.24) is 5.32 Å². The van der Waals surface area contributed by atoms with Crippen molar-refractivity contribution in [2.45, 2.75) is 44.1 Å². The van der Waals surface area contributed by atoms with Crippen LogP contribution in [0.25, 0.3) is 0 Å². The van der Waals surface area contributed by atoms with Crippen LogP contribution >= 0.6 is 15.9 Å². The average Bonchev–Trinajstić information content (AvgIpc) is 2.73. The number of halogens is 1. The van der Waals surface area contributed by atoms with E-state index >= 15 is 0 Å². The summed E-state index contributed by atoms with van der Waals surface area (Å²) in [6, 6.07) is 16.3. The second-order valence-electron chi connectivity index (χ2n) is 7.46. The Morgan fingerprint density at radius 3 is 2.39 bits per heavy atom. The summed E-state index contributed by atoms with van der Waals surface area (Å²) in [5, 5.41) is 3.27. The number of carbonyl (C=O) groups is 1. The quantitative estimate of drug-likeness (QED) is 0.674. The fraction of sp³-hybridized carbons (Fsp3) is 0.435. The lowest BCUT2D eigenvalue weighted by Crippen LogP contribution is -2.50. The Morgan fingerprint density at radius 1 is 1.14 bits per heavy atom. The predicted octanol–water partition coefficient (Wildman–Crippen LogP) is 4.64. The van der Waals surface area contributed by atoms with E-state index in [1.807, 2.05) is 24.3 Å². The third kappa shape index (κ3) is 4.95. The summed E-state index contributed by atoms with van der Waals surface area (Å²) in [7, 11) is 1.67. The molecule has 2 aromatic rings. The lowest BCUT2D eigenvalue weighted by molar-refractivity contribution is -0.131. The van der Waals surface area contributed by atoms with Crippen molar-refractivity contribution in [3.8, 4) is 5.75 Å². The Hall–Kier alpha value is -1.85. The molecule has 1 aliphatic heterocycles. The first kappa shape index (κ1) is 20.9. The Balaban J connectivity index is 1.64. The Bertz CT molecular complexity index is 767. The van der Waals surface area contributed by atoms with Gasteiger partial charge in [0.05, 0.1) is 12.5 Å². The third-order valence-electron chi connectivity index (χ3n) is 5.58. The van der Waals surface area contributed by atoms with Crippen LogP contribution in [0.15, 0.2) is 53.0 Å². The Morgan fingerprint density at radius 2 is 1.79 bits per heavy atom. The zero-order valence-electron chi connectivity index (χ0n) is 16.5. The second-order valence-corrected chi connectivity index (χ2v) is 8.38. The summed E-state index contributed by atoms with van der Waals surface area (Å²) >= 11 is 3.48. The van der Waals surface area contributed by atoms with Gasteiger partial charge in [-0.25, -0.2) is 0 Å². The normalized spacial score (nSPS) is 17.0. The van der Waals surface area contributed by atoms with Gasteiger partial charge >= 0.3 is 0 Å². The fourth-order valence-electron chi connectivity index (χ4n) is 3.75. The molecule has 1 unspecified atom stereocenters. The largest absolute Gasteiger partial charge is 0.497 e. The first-order valence-corrected chi connectivity index (χ1v) is 10.6. The molecule has 5 heteroatoms. The summed E-state index contributed by atoms with van der Waals surface area (Å²) in [6.45, 7) is 3.31. The van der Waals surface area contributed by atoms with E-state index in [4.69, 9.17) is 9.47 Å². The van der Waals surface area contributed by atoms with Crippen molar-refractivity contribution in [3.63, 3.8) is 0 Å². The van der Waals surface area contributed by atoms with Crippen LogP contribution in [0.1, 0.15) is 37.3 Å². The molecule has 1 heterocycles. The number of rotatable bonds is 7. The molecule has 0 aromatic heterocycles. The monoisotopic (exact) mass is 445 g/mol. The molecule has 2 aromatic carbocycles. The van der Waals surface area contributed by atoms with Crippen LogP contribution in [0.3, 0.4) is 0 Å². The lowest BCUT2D eigenvalue weighted by atomic mass is 9.73. The summed E-state index contributed by atoms with van der Waals surface area (Å²) in [5.74, 6) is 0.974. The number of aryl methyl sites for hydroxylation is 1. The van der Waals surface area contributed by atoms with Gasteiger partial charge in [0.15, 0.2) is 0 Å². The smallest absolute Gasteiger partial charge is 0.231 e. The van der Waals surface area contributed by atoms with E-state index in [1.165, 1.54) is 5.56 Å². The summed E-state index contributed by atoms with van der Waals surface area (Å²) in [6.07, 6.45) is 3.24. The van der Waals surface area contributed by atoms with Crippen molar-refractivity contribution in [1.29, 1.82) is 0 Å². The van der Waals surface area contributed by atoms with Crippen molar-refractivity contribution in [2.75, 3.05) is 20.3 Å². The van der Waals surface area contributed by atoms with E-state index in [9.17, 15) is 4.79 Å². The summed E-state index contributed by atoms with van der Waals surface area (Å²) < 4.78 is 11.8. The van der Waals surface area contributed by atoms with Gasteiger partial charge < -0.3 is 14.8 Å². The van der Waals surface area contributed by atoms with Gasteiger partial charge in [0, 0.05) is 23.7 Å². The van der Waals surface area contributed by atoms with Crippen LogP contribution in [0, 0.1) is 0 Å². The van der Waals surface area contributed by atoms with Gasteiger partial charge in [-0.05, 0) is 68.0 Å². The topological polar surface area (TPSA) is 47.6 Å². The molecule has 0 spiro atoms. The van der Waals surface area contributed by atoms with Crippen LogP contribution in [-0.2, 0) is 21.4 Å². The van der Waals surface area contributed by atoms with Gasteiger partial charge in [-0.2, -0.15) is 0 Å². The standard InChI is InChI=1S/C23H28BrNO3/c1-17(3-4-18-5-11-21(27-2)12-6-18)25-22(26)23(13-15-28-16-14-23)19-7-9-20(24)10-8-19/h5-12,17H,3-4,13-16H2,1-2H3,(H,25,26). The Kier molecular flexibility index (Phi) is 7.13. The van der Waals surface area contributed by atoms with Gasteiger partial charge in [0.25, 0.3) is 0 Å². The molecule has 28 heavy (non-hydrogen) atoms. The first-order chi connectivity index (χ1) is 13.5. The maximum absolute atomic E-state index is 13.3. The van der Waals surface area contributed by atoms with Gasteiger partial charge in [0.2, 0.25) is 5.91 Å². The minimum absolute atomic E-state index is 0.102. The highest BCUT2D eigenvalue weighted by molar-refractivity contribution is 9.10. The van der Waals surface area contributed by atoms with Gasteiger partial charge in [0.1, 0.15) is 5.75 Å². The average molecular weight is 446 g/mol. The first-order valence-electron chi connectivity index (χ1n) is 9.81. The highest BCUT2D eigenvalue weighted by atomic mass is 79.9. The van der Waals surface area contributed by atoms with E-state index in [-0.39, 0.29) is 11.9 Å². The van der Waals surface area contributed by atoms with Crippen molar-refractivity contribution >= 4 is 21.8 Å². The number of hydrogen-bond donors (Lipinski definition) is 1. The molecular weight excluding hydrogens is 418 g/mol. The molecule has 1 aliphatic rings. The van der Waals surface area contributed by atoms with E-state index in [0.717, 1.165) is 28.6 Å². The zero-order valence-corrected chi connectivity index (χ0v) is 18.1. The van der Waals surface area contributed by atoms with Crippen LogP contribution in [0.4, 0.5) is 0 Å². The van der Waals surface area contributed by atoms with E-state index in [0.29, 0.717) is 26.1 Å². The molecule has 1 saturated heterocycles. The molecule has 0 radical (unpaired) electrons. The van der Waals surface area contributed by atoms with Crippen molar-refractivity contribution in [3.05, 3.63) is 64.1 Å². The predicted molar refractivity (Wildman–Crippen MR) is 115 cm³/mol. The fourth-order valence-corrected chi connectivity index (χ4v) is 4.01. The van der Waals surface area contributed by atoms with Crippen molar-refractivity contribution < 1.29 is 14.3 Å². The molecule has 0 bridgehead atoms. The molecule has 4 nitrogen and oxygen atoms in total.